The summed E-state index contributed by atoms with van der Waals surface area (Å²) in [5.41, 5.74) is 1.31. The van der Waals surface area contributed by atoms with Crippen LogP contribution in [0.15, 0.2) is 41.0 Å². The lowest BCUT2D eigenvalue weighted by Crippen LogP contribution is -1.79. The maximum absolute atomic E-state index is 5.33. The minimum Gasteiger partial charge on any atom is -0.465 e. The molecule has 12 heavy (non-hydrogen) atoms. The van der Waals surface area contributed by atoms with Gasteiger partial charge in [0.25, 0.3) is 0 Å². The molecule has 0 saturated heterocycles. The molecule has 0 fully saturated rings. The molecular formula is C11H12O. The van der Waals surface area contributed by atoms with Crippen molar-refractivity contribution in [2.24, 2.45) is 0 Å². The van der Waals surface area contributed by atoms with Crippen LogP contribution in [-0.4, -0.2) is 0 Å². The Morgan fingerprint density at radius 2 is 2.33 bits per heavy atom. The van der Waals surface area contributed by atoms with Crippen LogP contribution >= 0.6 is 0 Å². The van der Waals surface area contributed by atoms with Gasteiger partial charge in [-0.05, 0) is 37.0 Å². The van der Waals surface area contributed by atoms with Crippen LogP contribution in [0.2, 0.25) is 0 Å². The third kappa shape index (κ3) is 1.50. The van der Waals surface area contributed by atoms with Crippen molar-refractivity contribution in [3.8, 4) is 0 Å². The second-order valence-corrected chi connectivity index (χ2v) is 2.99. The first-order valence-electron chi connectivity index (χ1n) is 4.36. The van der Waals surface area contributed by atoms with Gasteiger partial charge < -0.3 is 4.42 Å². The summed E-state index contributed by atoms with van der Waals surface area (Å²) in [6, 6.07) is 3.95. The van der Waals surface area contributed by atoms with Crippen molar-refractivity contribution in [1.82, 2.24) is 0 Å². The van der Waals surface area contributed by atoms with Crippen LogP contribution in [-0.2, 0) is 0 Å². The zero-order valence-electron chi connectivity index (χ0n) is 6.99. The highest BCUT2D eigenvalue weighted by Gasteiger charge is 2.04. The Morgan fingerprint density at radius 3 is 3.17 bits per heavy atom. The predicted octanol–water partition coefficient (Wildman–Crippen LogP) is 3.40. The van der Waals surface area contributed by atoms with Crippen LogP contribution in [0.1, 0.15) is 25.0 Å². The molecule has 0 spiro atoms. The maximum Gasteiger partial charge on any atom is 0.129 e. The van der Waals surface area contributed by atoms with Crippen LogP contribution in [0.5, 0.6) is 0 Å². The zero-order chi connectivity index (χ0) is 8.23. The third-order valence-electron chi connectivity index (χ3n) is 2.09. The monoisotopic (exact) mass is 160 g/mol. The van der Waals surface area contributed by atoms with Gasteiger partial charge in [-0.1, -0.05) is 18.2 Å². The highest BCUT2D eigenvalue weighted by Crippen LogP contribution is 2.23. The largest absolute Gasteiger partial charge is 0.465 e. The molecule has 0 saturated carbocycles. The molecule has 1 aliphatic rings. The molecule has 0 amide bonds. The Balaban J connectivity index is 2.23. The summed E-state index contributed by atoms with van der Waals surface area (Å²) in [5.74, 6) is 1.02. The highest BCUT2D eigenvalue weighted by atomic mass is 16.3. The molecule has 0 aromatic carbocycles. The van der Waals surface area contributed by atoms with Crippen molar-refractivity contribution in [2.75, 3.05) is 0 Å². The lowest BCUT2D eigenvalue weighted by Gasteiger charge is -1.99. The van der Waals surface area contributed by atoms with Crippen molar-refractivity contribution in [2.45, 2.75) is 19.3 Å². The van der Waals surface area contributed by atoms with Gasteiger partial charge in [-0.15, -0.1) is 0 Å². The van der Waals surface area contributed by atoms with Gasteiger partial charge in [-0.2, -0.15) is 0 Å². The predicted molar refractivity (Wildman–Crippen MR) is 49.7 cm³/mol. The number of furan rings is 1. The van der Waals surface area contributed by atoms with E-state index in [1.165, 1.54) is 18.4 Å². The summed E-state index contributed by atoms with van der Waals surface area (Å²) in [5, 5.41) is 0. The van der Waals surface area contributed by atoms with E-state index in [2.05, 4.69) is 18.2 Å². The molecule has 1 nitrogen and oxygen atoms in total. The van der Waals surface area contributed by atoms with Gasteiger partial charge in [0.1, 0.15) is 5.76 Å². The summed E-state index contributed by atoms with van der Waals surface area (Å²) in [7, 11) is 0. The smallest absolute Gasteiger partial charge is 0.129 e. The Hall–Kier alpha value is -1.24. The van der Waals surface area contributed by atoms with E-state index in [0.717, 1.165) is 12.2 Å². The van der Waals surface area contributed by atoms with E-state index in [9.17, 15) is 0 Å². The van der Waals surface area contributed by atoms with Crippen molar-refractivity contribution in [3.63, 3.8) is 0 Å². The molecule has 2 rings (SSSR count). The first-order valence-corrected chi connectivity index (χ1v) is 4.36. The molecule has 0 radical (unpaired) electrons. The van der Waals surface area contributed by atoms with Crippen LogP contribution < -0.4 is 0 Å². The van der Waals surface area contributed by atoms with Gasteiger partial charge in [-0.3, -0.25) is 0 Å². The van der Waals surface area contributed by atoms with Gasteiger partial charge in [-0.25, -0.2) is 0 Å². The summed E-state index contributed by atoms with van der Waals surface area (Å²) in [6.45, 7) is 0. The third-order valence-corrected chi connectivity index (χ3v) is 2.09. The van der Waals surface area contributed by atoms with Gasteiger partial charge >= 0.3 is 0 Å². The van der Waals surface area contributed by atoms with E-state index in [1.54, 1.807) is 6.26 Å². The molecule has 0 unspecified atom stereocenters. The topological polar surface area (TPSA) is 13.1 Å². The molecule has 1 aliphatic carbocycles. The highest BCUT2D eigenvalue weighted by molar-refractivity contribution is 5.63. The number of rotatable bonds is 1. The molecular weight excluding hydrogens is 148 g/mol. The van der Waals surface area contributed by atoms with E-state index in [1.807, 2.05) is 12.1 Å². The molecule has 1 heterocycles. The minimum absolute atomic E-state index is 1.02. The maximum atomic E-state index is 5.33. The van der Waals surface area contributed by atoms with Crippen molar-refractivity contribution < 1.29 is 4.42 Å². The fourth-order valence-corrected chi connectivity index (χ4v) is 1.44. The van der Waals surface area contributed by atoms with Crippen LogP contribution in [0, 0.1) is 0 Å². The lowest BCUT2D eigenvalue weighted by atomic mass is 10.1. The van der Waals surface area contributed by atoms with Crippen molar-refractivity contribution >= 4 is 5.57 Å². The number of hydrogen-bond donors (Lipinski definition) is 0. The van der Waals surface area contributed by atoms with Crippen LogP contribution in [0.4, 0.5) is 0 Å². The molecule has 0 aliphatic heterocycles. The Morgan fingerprint density at radius 1 is 1.33 bits per heavy atom. The second-order valence-electron chi connectivity index (χ2n) is 2.99. The fraction of sp³-hybridized carbons (Fsp3) is 0.273. The molecule has 0 N–H and O–H groups in total. The second kappa shape index (κ2) is 3.44. The van der Waals surface area contributed by atoms with E-state index in [4.69, 9.17) is 4.42 Å². The number of hydrogen-bond acceptors (Lipinski definition) is 1. The van der Waals surface area contributed by atoms with Gasteiger partial charge in [0.05, 0.1) is 6.26 Å². The SMILES string of the molecule is C1=CCCCC(c2ccco2)=C1. The Labute approximate surface area is 72.4 Å². The first kappa shape index (κ1) is 7.41. The Bertz CT molecular complexity index is 291. The minimum atomic E-state index is 1.02. The fourth-order valence-electron chi connectivity index (χ4n) is 1.44. The quantitative estimate of drug-likeness (QED) is 0.613. The number of allylic oxidation sites excluding steroid dienone is 4. The lowest BCUT2D eigenvalue weighted by molar-refractivity contribution is 0.549. The van der Waals surface area contributed by atoms with Gasteiger partial charge in [0.2, 0.25) is 0 Å². The molecule has 62 valence electrons. The summed E-state index contributed by atoms with van der Waals surface area (Å²) < 4.78 is 5.33. The molecule has 0 atom stereocenters. The van der Waals surface area contributed by atoms with Crippen molar-refractivity contribution in [1.29, 1.82) is 0 Å². The van der Waals surface area contributed by atoms with E-state index in [0.29, 0.717) is 0 Å². The zero-order valence-corrected chi connectivity index (χ0v) is 6.99. The summed E-state index contributed by atoms with van der Waals surface area (Å²) in [6.07, 6.45) is 11.7. The molecule has 1 heteroatoms. The first-order chi connectivity index (χ1) is 5.97. The van der Waals surface area contributed by atoms with Crippen LogP contribution in [0.25, 0.3) is 5.57 Å². The van der Waals surface area contributed by atoms with E-state index in [-0.39, 0.29) is 0 Å². The Kier molecular flexibility index (Phi) is 2.12. The van der Waals surface area contributed by atoms with Crippen LogP contribution in [0.3, 0.4) is 0 Å². The normalized spacial score (nSPS) is 17.2. The standard InChI is InChI=1S/C11H12O/c1-2-4-7-10(6-3-1)11-8-5-9-12-11/h1,3,5-6,8-9H,2,4,7H2. The molecule has 0 bridgehead atoms. The van der Waals surface area contributed by atoms with E-state index >= 15 is 0 Å². The van der Waals surface area contributed by atoms with Gasteiger partial charge in [0.15, 0.2) is 0 Å². The average Bonchev–Trinajstić information content (AvgIpc) is 2.48. The summed E-state index contributed by atoms with van der Waals surface area (Å²) >= 11 is 0. The van der Waals surface area contributed by atoms with Crippen molar-refractivity contribution in [3.05, 3.63) is 42.4 Å². The average molecular weight is 160 g/mol. The molecule has 1 aromatic rings. The summed E-state index contributed by atoms with van der Waals surface area (Å²) in [4.78, 5) is 0. The van der Waals surface area contributed by atoms with E-state index < -0.39 is 0 Å². The van der Waals surface area contributed by atoms with Gasteiger partial charge in [0, 0.05) is 0 Å². The molecule has 1 aromatic heterocycles.